The summed E-state index contributed by atoms with van der Waals surface area (Å²) in [6.45, 7) is 2.35. The van der Waals surface area contributed by atoms with Crippen molar-refractivity contribution in [2.24, 2.45) is 5.92 Å². The average Bonchev–Trinajstić information content (AvgIpc) is 3.10. The fourth-order valence-electron chi connectivity index (χ4n) is 3.03. The van der Waals surface area contributed by atoms with Gasteiger partial charge in [-0.1, -0.05) is 23.5 Å². The van der Waals surface area contributed by atoms with E-state index in [1.807, 2.05) is 12.1 Å². The molecule has 7 heteroatoms. The number of hydrogen-bond acceptors (Lipinski definition) is 6. The van der Waals surface area contributed by atoms with Crippen LogP contribution < -0.4 is 10.1 Å². The third kappa shape index (κ3) is 4.75. The maximum atomic E-state index is 12.0. The van der Waals surface area contributed by atoms with E-state index in [4.69, 9.17) is 4.74 Å². The molecule has 0 aliphatic carbocycles. The minimum Gasteiger partial charge on any atom is -0.497 e. The van der Waals surface area contributed by atoms with Crippen molar-refractivity contribution in [1.29, 1.82) is 0 Å². The zero-order valence-corrected chi connectivity index (χ0v) is 14.6. The van der Waals surface area contributed by atoms with Crippen LogP contribution >= 0.6 is 11.3 Å². The molecule has 0 bridgehead atoms. The highest BCUT2D eigenvalue weighted by Crippen LogP contribution is 2.23. The van der Waals surface area contributed by atoms with Gasteiger partial charge in [0.1, 0.15) is 11.3 Å². The van der Waals surface area contributed by atoms with Crippen LogP contribution in [0.15, 0.2) is 29.8 Å². The Morgan fingerprint density at radius 1 is 1.33 bits per heavy atom. The van der Waals surface area contributed by atoms with Crippen LogP contribution in [0.1, 0.15) is 18.4 Å². The number of piperidine rings is 1. The smallest absolute Gasteiger partial charge is 0.240 e. The highest BCUT2D eigenvalue weighted by Gasteiger charge is 2.21. The summed E-state index contributed by atoms with van der Waals surface area (Å²) in [5.41, 5.74) is 2.96. The number of methoxy groups -OCH3 is 1. The van der Waals surface area contributed by atoms with Crippen molar-refractivity contribution in [2.75, 3.05) is 32.1 Å². The van der Waals surface area contributed by atoms with E-state index in [1.54, 1.807) is 12.6 Å². The van der Waals surface area contributed by atoms with Crippen molar-refractivity contribution in [3.8, 4) is 5.75 Å². The number of rotatable bonds is 6. The second kappa shape index (κ2) is 8.21. The number of nitrogens with zero attached hydrogens (tertiary/aromatic N) is 3. The van der Waals surface area contributed by atoms with E-state index in [9.17, 15) is 4.79 Å². The van der Waals surface area contributed by atoms with E-state index in [2.05, 4.69) is 32.5 Å². The second-order valence-corrected chi connectivity index (χ2v) is 6.90. The molecule has 0 spiro atoms. The number of aromatic nitrogens is 2. The summed E-state index contributed by atoms with van der Waals surface area (Å²) in [5, 5.41) is 10.9. The summed E-state index contributed by atoms with van der Waals surface area (Å²) in [4.78, 5) is 14.2. The van der Waals surface area contributed by atoms with E-state index in [0.29, 0.717) is 17.6 Å². The van der Waals surface area contributed by atoms with E-state index < -0.39 is 0 Å². The summed E-state index contributed by atoms with van der Waals surface area (Å²) in [7, 11) is 1.69. The minimum atomic E-state index is -0.0136. The van der Waals surface area contributed by atoms with Crippen LogP contribution in [0.3, 0.4) is 0 Å². The zero-order valence-electron chi connectivity index (χ0n) is 13.8. The average molecular weight is 346 g/mol. The molecule has 1 saturated heterocycles. The summed E-state index contributed by atoms with van der Waals surface area (Å²) < 4.78 is 5.20. The molecule has 0 atom stereocenters. The van der Waals surface area contributed by atoms with Crippen LogP contribution in [0, 0.1) is 5.92 Å². The second-order valence-electron chi connectivity index (χ2n) is 6.06. The van der Waals surface area contributed by atoms with Crippen LogP contribution in [0.5, 0.6) is 5.75 Å². The molecule has 0 unspecified atom stereocenters. The number of amides is 1. The standard InChI is InChI=1S/C17H22N4O2S/c1-23-15-4-2-13(3-5-15)10-14-6-8-21(9-7-14)11-16(22)19-17-20-18-12-24-17/h2-5,12,14H,6-11H2,1H3,(H,19,20,22). The monoisotopic (exact) mass is 346 g/mol. The van der Waals surface area contributed by atoms with Gasteiger partial charge >= 0.3 is 0 Å². The molecule has 0 saturated carbocycles. The van der Waals surface area contributed by atoms with Crippen LogP contribution in [-0.4, -0.2) is 47.7 Å². The zero-order chi connectivity index (χ0) is 16.8. The number of benzene rings is 1. The number of ether oxygens (including phenoxy) is 1. The molecule has 3 rings (SSSR count). The Balaban J connectivity index is 1.41. The lowest BCUT2D eigenvalue weighted by Gasteiger charge is -2.31. The molecular weight excluding hydrogens is 324 g/mol. The van der Waals surface area contributed by atoms with Crippen molar-refractivity contribution in [3.05, 3.63) is 35.3 Å². The van der Waals surface area contributed by atoms with Gasteiger partial charge in [-0.25, -0.2) is 0 Å². The quantitative estimate of drug-likeness (QED) is 0.870. The molecule has 1 amide bonds. The van der Waals surface area contributed by atoms with Crippen molar-refractivity contribution in [1.82, 2.24) is 15.1 Å². The van der Waals surface area contributed by atoms with Crippen molar-refractivity contribution in [2.45, 2.75) is 19.3 Å². The number of carbonyl (C=O) groups is 1. The fourth-order valence-corrected chi connectivity index (χ4v) is 3.49. The highest BCUT2D eigenvalue weighted by atomic mass is 32.1. The van der Waals surface area contributed by atoms with E-state index in [1.165, 1.54) is 16.9 Å². The molecule has 1 aliphatic rings. The third-order valence-electron chi connectivity index (χ3n) is 4.36. The Bertz CT molecular complexity index is 637. The number of nitrogens with one attached hydrogen (secondary N) is 1. The van der Waals surface area contributed by atoms with Crippen LogP contribution in [0.4, 0.5) is 5.13 Å². The van der Waals surface area contributed by atoms with Gasteiger partial charge in [0, 0.05) is 0 Å². The molecule has 2 heterocycles. The number of anilines is 1. The van der Waals surface area contributed by atoms with Crippen molar-refractivity contribution in [3.63, 3.8) is 0 Å². The van der Waals surface area contributed by atoms with Gasteiger partial charge in [-0.2, -0.15) is 0 Å². The van der Waals surface area contributed by atoms with E-state index in [-0.39, 0.29) is 5.91 Å². The molecule has 1 aliphatic heterocycles. The lowest BCUT2D eigenvalue weighted by Crippen LogP contribution is -2.39. The van der Waals surface area contributed by atoms with Crippen LogP contribution in [-0.2, 0) is 11.2 Å². The minimum absolute atomic E-state index is 0.0136. The molecular formula is C17H22N4O2S. The molecule has 128 valence electrons. The van der Waals surface area contributed by atoms with Gasteiger partial charge < -0.3 is 4.74 Å². The maximum Gasteiger partial charge on any atom is 0.240 e. The maximum absolute atomic E-state index is 12.0. The number of carbonyl (C=O) groups excluding carboxylic acids is 1. The number of hydrogen-bond donors (Lipinski definition) is 1. The summed E-state index contributed by atoms with van der Waals surface area (Å²) in [6, 6.07) is 8.31. The first-order chi connectivity index (χ1) is 11.7. The predicted octanol–water partition coefficient (Wildman–Crippen LogP) is 2.44. The first-order valence-electron chi connectivity index (χ1n) is 8.14. The van der Waals surface area contributed by atoms with Crippen LogP contribution in [0.25, 0.3) is 0 Å². The summed E-state index contributed by atoms with van der Waals surface area (Å²) in [5.74, 6) is 1.57. The Kier molecular flexibility index (Phi) is 5.77. The summed E-state index contributed by atoms with van der Waals surface area (Å²) >= 11 is 1.34. The molecule has 24 heavy (non-hydrogen) atoms. The van der Waals surface area contributed by atoms with Gasteiger partial charge in [-0.15, -0.1) is 10.2 Å². The fraction of sp³-hybridized carbons (Fsp3) is 0.471. The lowest BCUT2D eigenvalue weighted by molar-refractivity contribution is -0.117. The Morgan fingerprint density at radius 2 is 2.08 bits per heavy atom. The first-order valence-corrected chi connectivity index (χ1v) is 9.02. The van der Waals surface area contributed by atoms with Gasteiger partial charge in [0.25, 0.3) is 0 Å². The Morgan fingerprint density at radius 3 is 2.71 bits per heavy atom. The normalized spacial score (nSPS) is 16.0. The van der Waals surface area contributed by atoms with Gasteiger partial charge in [0.2, 0.25) is 11.0 Å². The molecule has 1 N–H and O–H groups in total. The van der Waals surface area contributed by atoms with Crippen LogP contribution in [0.2, 0.25) is 0 Å². The highest BCUT2D eigenvalue weighted by molar-refractivity contribution is 7.13. The van der Waals surface area contributed by atoms with Gasteiger partial charge in [-0.05, 0) is 56.0 Å². The molecule has 1 fully saturated rings. The Labute approximate surface area is 145 Å². The van der Waals surface area contributed by atoms with Crippen molar-refractivity contribution < 1.29 is 9.53 Å². The molecule has 6 nitrogen and oxygen atoms in total. The topological polar surface area (TPSA) is 67.3 Å². The predicted molar refractivity (Wildman–Crippen MR) is 94.4 cm³/mol. The Hall–Kier alpha value is -1.99. The molecule has 2 aromatic rings. The SMILES string of the molecule is COc1ccc(CC2CCN(CC(=O)Nc3nncs3)CC2)cc1. The molecule has 1 aromatic heterocycles. The third-order valence-corrected chi connectivity index (χ3v) is 4.97. The number of likely N-dealkylation sites (tertiary alicyclic amines) is 1. The van der Waals surface area contributed by atoms with Gasteiger partial charge in [0.05, 0.1) is 13.7 Å². The summed E-state index contributed by atoms with van der Waals surface area (Å²) in [6.07, 6.45) is 3.34. The molecule has 1 aromatic carbocycles. The first kappa shape index (κ1) is 16.9. The van der Waals surface area contributed by atoms with Gasteiger partial charge in [-0.3, -0.25) is 15.0 Å². The van der Waals surface area contributed by atoms with Crippen molar-refractivity contribution >= 4 is 22.4 Å². The van der Waals surface area contributed by atoms with Gasteiger partial charge in [0.15, 0.2) is 0 Å². The largest absolute Gasteiger partial charge is 0.497 e. The van der Waals surface area contributed by atoms with E-state index in [0.717, 1.165) is 38.1 Å². The van der Waals surface area contributed by atoms with E-state index >= 15 is 0 Å². The molecule has 0 radical (unpaired) electrons. The lowest BCUT2D eigenvalue weighted by atomic mass is 9.90.